The van der Waals surface area contributed by atoms with Gasteiger partial charge in [0.2, 0.25) is 0 Å². The van der Waals surface area contributed by atoms with Gasteiger partial charge < -0.3 is 5.73 Å². The van der Waals surface area contributed by atoms with Gasteiger partial charge in [0.15, 0.2) is 17.4 Å². The third-order valence-corrected chi connectivity index (χ3v) is 3.96. The van der Waals surface area contributed by atoms with Crippen LogP contribution in [-0.4, -0.2) is 10.8 Å². The number of ketones is 1. The molecule has 0 radical (unpaired) electrons. The summed E-state index contributed by atoms with van der Waals surface area (Å²) in [4.78, 5) is 16.2. The van der Waals surface area contributed by atoms with Gasteiger partial charge in [-0.05, 0) is 29.7 Å². The van der Waals surface area contributed by atoms with Gasteiger partial charge in [-0.3, -0.25) is 9.78 Å². The Morgan fingerprint density at radius 3 is 2.71 bits per heavy atom. The number of pyridine rings is 1. The molecule has 21 heavy (non-hydrogen) atoms. The number of hydrogen-bond acceptors (Lipinski definition) is 3. The lowest BCUT2D eigenvalue weighted by atomic mass is 9.86. The second-order valence-electron chi connectivity index (χ2n) is 5.18. The summed E-state index contributed by atoms with van der Waals surface area (Å²) in [6.07, 6.45) is 2.13. The molecule has 1 heterocycles. The minimum atomic E-state index is -0.901. The van der Waals surface area contributed by atoms with Gasteiger partial charge in [0.1, 0.15) is 5.69 Å². The van der Waals surface area contributed by atoms with E-state index in [0.717, 1.165) is 6.07 Å². The van der Waals surface area contributed by atoms with Crippen LogP contribution in [-0.2, 0) is 0 Å². The molecule has 2 N–H and O–H groups in total. The first-order chi connectivity index (χ1) is 10.1. The average Bonchev–Trinajstić information content (AvgIpc) is 2.62. The normalized spacial score (nSPS) is 21.8. The van der Waals surface area contributed by atoms with Crippen molar-refractivity contribution in [2.75, 3.05) is 0 Å². The number of benzene rings is 1. The summed E-state index contributed by atoms with van der Waals surface area (Å²) >= 11 is 0. The van der Waals surface area contributed by atoms with Crippen molar-refractivity contribution in [3.63, 3.8) is 0 Å². The highest BCUT2D eigenvalue weighted by molar-refractivity contribution is 5.96. The van der Waals surface area contributed by atoms with Crippen LogP contribution < -0.4 is 5.73 Å². The summed E-state index contributed by atoms with van der Waals surface area (Å²) in [5.74, 6) is -2.35. The smallest absolute Gasteiger partial charge is 0.181 e. The Morgan fingerprint density at radius 2 is 1.90 bits per heavy atom. The zero-order chi connectivity index (χ0) is 15.0. The lowest BCUT2D eigenvalue weighted by Gasteiger charge is -2.23. The number of carbonyl (C=O) groups is 1. The van der Waals surface area contributed by atoms with Gasteiger partial charge >= 0.3 is 0 Å². The van der Waals surface area contributed by atoms with E-state index in [9.17, 15) is 13.6 Å². The second kappa shape index (κ2) is 5.33. The standard InChI is InChI=1S/C16H14F2N2O/c17-12-5-1-3-9(14(12)18)10-6-7-13(21)16-11(15(10)19)4-2-8-20-16/h1-5,8,10,15H,6-7,19H2/t10-,15-/m0/s1. The van der Waals surface area contributed by atoms with E-state index in [4.69, 9.17) is 5.73 Å². The van der Waals surface area contributed by atoms with Crippen LogP contribution >= 0.6 is 0 Å². The average molecular weight is 288 g/mol. The Balaban J connectivity index is 2.10. The van der Waals surface area contributed by atoms with E-state index >= 15 is 0 Å². The topological polar surface area (TPSA) is 56.0 Å². The fourth-order valence-electron chi connectivity index (χ4n) is 2.88. The summed E-state index contributed by atoms with van der Waals surface area (Å²) in [5, 5.41) is 0. The van der Waals surface area contributed by atoms with E-state index in [0.29, 0.717) is 17.7 Å². The second-order valence-corrected chi connectivity index (χ2v) is 5.18. The molecule has 0 saturated carbocycles. The molecule has 0 spiro atoms. The minimum Gasteiger partial charge on any atom is -0.323 e. The van der Waals surface area contributed by atoms with Crippen LogP contribution in [0.3, 0.4) is 0 Å². The summed E-state index contributed by atoms with van der Waals surface area (Å²) in [7, 11) is 0. The number of nitrogens with zero attached hydrogens (tertiary/aromatic N) is 1. The highest BCUT2D eigenvalue weighted by Gasteiger charge is 2.32. The third-order valence-electron chi connectivity index (χ3n) is 3.96. The molecule has 1 aliphatic rings. The maximum Gasteiger partial charge on any atom is 0.181 e. The molecule has 0 unspecified atom stereocenters. The predicted molar refractivity (Wildman–Crippen MR) is 73.8 cm³/mol. The fraction of sp³-hybridized carbons (Fsp3) is 0.250. The van der Waals surface area contributed by atoms with Gasteiger partial charge in [0.25, 0.3) is 0 Å². The Hall–Kier alpha value is -2.14. The largest absolute Gasteiger partial charge is 0.323 e. The summed E-state index contributed by atoms with van der Waals surface area (Å²) < 4.78 is 27.5. The maximum absolute atomic E-state index is 14.0. The summed E-state index contributed by atoms with van der Waals surface area (Å²) in [6, 6.07) is 6.88. The molecule has 5 heteroatoms. The Kier molecular flexibility index (Phi) is 3.51. The number of nitrogens with two attached hydrogens (primary N) is 1. The molecule has 0 aliphatic heterocycles. The molecule has 1 aliphatic carbocycles. The summed E-state index contributed by atoms with van der Waals surface area (Å²) in [5.41, 5.74) is 7.37. The van der Waals surface area contributed by atoms with Crippen LogP contribution in [0.4, 0.5) is 8.78 Å². The van der Waals surface area contributed by atoms with E-state index in [1.807, 2.05) is 0 Å². The van der Waals surface area contributed by atoms with E-state index in [-0.39, 0.29) is 17.8 Å². The van der Waals surface area contributed by atoms with Crippen LogP contribution in [0.1, 0.15) is 46.4 Å². The van der Waals surface area contributed by atoms with E-state index in [1.54, 1.807) is 12.1 Å². The van der Waals surface area contributed by atoms with Crippen molar-refractivity contribution in [1.29, 1.82) is 0 Å². The van der Waals surface area contributed by atoms with Crippen LogP contribution in [0, 0.1) is 11.6 Å². The molecule has 1 aromatic heterocycles. The molecule has 1 aromatic carbocycles. The number of hydrogen-bond donors (Lipinski definition) is 1. The molecule has 3 nitrogen and oxygen atoms in total. The zero-order valence-electron chi connectivity index (χ0n) is 11.2. The number of halogens is 2. The van der Waals surface area contributed by atoms with Crippen molar-refractivity contribution >= 4 is 5.78 Å². The molecule has 2 aromatic rings. The van der Waals surface area contributed by atoms with Gasteiger partial charge in [-0.15, -0.1) is 0 Å². The first-order valence-electron chi connectivity index (χ1n) is 6.77. The van der Waals surface area contributed by atoms with E-state index < -0.39 is 23.6 Å². The van der Waals surface area contributed by atoms with E-state index in [2.05, 4.69) is 4.98 Å². The molecular weight excluding hydrogens is 274 g/mol. The number of rotatable bonds is 1. The van der Waals surface area contributed by atoms with Crippen LogP contribution in [0.15, 0.2) is 36.5 Å². The number of carbonyl (C=O) groups excluding carboxylic acids is 1. The van der Waals surface area contributed by atoms with Crippen LogP contribution in [0.25, 0.3) is 0 Å². The molecule has 0 fully saturated rings. The summed E-state index contributed by atoms with van der Waals surface area (Å²) in [6.45, 7) is 0. The van der Waals surface area contributed by atoms with Crippen molar-refractivity contribution in [2.45, 2.75) is 24.8 Å². The predicted octanol–water partition coefficient (Wildman–Crippen LogP) is 3.12. The SMILES string of the molecule is N[C@@H]1c2cccnc2C(=O)CC[C@H]1c1cccc(F)c1F. The third kappa shape index (κ3) is 2.34. The molecule has 0 amide bonds. The van der Waals surface area contributed by atoms with E-state index in [1.165, 1.54) is 18.3 Å². The van der Waals surface area contributed by atoms with Gasteiger partial charge in [-0.25, -0.2) is 8.78 Å². The lowest BCUT2D eigenvalue weighted by Crippen LogP contribution is -2.21. The molecule has 3 rings (SSSR count). The molecule has 0 bridgehead atoms. The first-order valence-corrected chi connectivity index (χ1v) is 6.77. The number of Topliss-reactive ketones (excluding diaryl/α,β-unsaturated/α-hetero) is 1. The Labute approximate surface area is 120 Å². The monoisotopic (exact) mass is 288 g/mol. The van der Waals surface area contributed by atoms with Crippen molar-refractivity contribution in [2.24, 2.45) is 5.73 Å². The number of fused-ring (bicyclic) bond motifs is 1. The Morgan fingerprint density at radius 1 is 1.14 bits per heavy atom. The maximum atomic E-state index is 14.0. The lowest BCUT2D eigenvalue weighted by molar-refractivity contribution is 0.0976. The van der Waals surface area contributed by atoms with Gasteiger partial charge in [0.05, 0.1) is 0 Å². The molecule has 0 saturated heterocycles. The highest BCUT2D eigenvalue weighted by atomic mass is 19.2. The Bertz CT molecular complexity index is 702. The van der Waals surface area contributed by atoms with Gasteiger partial charge in [0, 0.05) is 24.6 Å². The molecule has 108 valence electrons. The quantitative estimate of drug-likeness (QED) is 0.820. The molecule has 2 atom stereocenters. The first kappa shape index (κ1) is 13.8. The molecular formula is C16H14F2N2O. The van der Waals surface area contributed by atoms with Crippen molar-refractivity contribution in [3.8, 4) is 0 Å². The van der Waals surface area contributed by atoms with Crippen LogP contribution in [0.2, 0.25) is 0 Å². The van der Waals surface area contributed by atoms with Crippen LogP contribution in [0.5, 0.6) is 0 Å². The van der Waals surface area contributed by atoms with Crippen molar-refractivity contribution in [3.05, 3.63) is 65.0 Å². The zero-order valence-corrected chi connectivity index (χ0v) is 11.2. The van der Waals surface area contributed by atoms with Gasteiger partial charge in [-0.1, -0.05) is 18.2 Å². The number of aromatic nitrogens is 1. The fourth-order valence-corrected chi connectivity index (χ4v) is 2.88. The van der Waals surface area contributed by atoms with Crippen molar-refractivity contribution < 1.29 is 13.6 Å². The van der Waals surface area contributed by atoms with Crippen molar-refractivity contribution in [1.82, 2.24) is 4.98 Å². The minimum absolute atomic E-state index is 0.111. The highest BCUT2D eigenvalue weighted by Crippen LogP contribution is 2.38. The van der Waals surface area contributed by atoms with Gasteiger partial charge in [-0.2, -0.15) is 0 Å².